The number of rotatable bonds is 3. The smallest absolute Gasteiger partial charge is 0.228 e. The molecule has 3 heteroatoms. The fourth-order valence-electron chi connectivity index (χ4n) is 1.17. The van der Waals surface area contributed by atoms with Crippen LogP contribution in [0.15, 0.2) is 18.2 Å². The molecule has 0 unspecified atom stereocenters. The lowest BCUT2D eigenvalue weighted by molar-refractivity contribution is 0.189. The van der Waals surface area contributed by atoms with Crippen LogP contribution in [0.25, 0.3) is 0 Å². The minimum absolute atomic E-state index is 0.196. The van der Waals surface area contributed by atoms with Crippen LogP contribution >= 0.6 is 0 Å². The van der Waals surface area contributed by atoms with Crippen LogP contribution in [-0.2, 0) is 0 Å². The summed E-state index contributed by atoms with van der Waals surface area (Å²) < 4.78 is 29.3. The Bertz CT molecular complexity index is 284. The first-order chi connectivity index (χ1) is 6.15. The lowest BCUT2D eigenvalue weighted by atomic mass is 10.0. The Morgan fingerprint density at radius 2 is 2.08 bits per heavy atom. The molecule has 0 amide bonds. The van der Waals surface area contributed by atoms with Crippen LogP contribution in [0.4, 0.5) is 8.78 Å². The van der Waals surface area contributed by atoms with E-state index in [-0.39, 0.29) is 11.7 Å². The van der Waals surface area contributed by atoms with Crippen molar-refractivity contribution in [3.8, 4) is 5.75 Å². The third-order valence-corrected chi connectivity index (χ3v) is 1.81. The highest BCUT2D eigenvalue weighted by atomic mass is 19.1. The molecule has 1 nitrogen and oxygen atoms in total. The largest absolute Gasteiger partial charge is 0.463 e. The Morgan fingerprint density at radius 1 is 1.38 bits per heavy atom. The first-order valence-corrected chi connectivity index (χ1v) is 4.13. The monoisotopic (exact) mass is 186 g/mol. The van der Waals surface area contributed by atoms with E-state index in [2.05, 4.69) is 4.74 Å². The van der Waals surface area contributed by atoms with Crippen molar-refractivity contribution in [3.63, 3.8) is 0 Å². The van der Waals surface area contributed by atoms with Crippen LogP contribution in [-0.4, -0.2) is 6.86 Å². The van der Waals surface area contributed by atoms with Crippen molar-refractivity contribution in [2.24, 2.45) is 0 Å². The molecule has 0 N–H and O–H groups in total. The van der Waals surface area contributed by atoms with Gasteiger partial charge in [-0.05, 0) is 17.5 Å². The molecule has 1 aromatic rings. The third kappa shape index (κ3) is 2.41. The zero-order valence-corrected chi connectivity index (χ0v) is 7.68. The number of halogens is 2. The average Bonchev–Trinajstić information content (AvgIpc) is 2.04. The van der Waals surface area contributed by atoms with Crippen LogP contribution < -0.4 is 4.74 Å². The lowest BCUT2D eigenvalue weighted by Crippen LogP contribution is -1.98. The summed E-state index contributed by atoms with van der Waals surface area (Å²) in [6, 6.07) is 4.17. The van der Waals surface area contributed by atoms with Crippen molar-refractivity contribution in [3.05, 3.63) is 29.6 Å². The van der Waals surface area contributed by atoms with Gasteiger partial charge in [0.25, 0.3) is 0 Å². The predicted molar refractivity (Wildman–Crippen MR) is 47.1 cm³/mol. The summed E-state index contributed by atoms with van der Waals surface area (Å²) in [4.78, 5) is 0. The minimum atomic E-state index is -0.927. The molecule has 0 fully saturated rings. The molecule has 0 atom stereocenters. The Balaban J connectivity index is 3.03. The van der Waals surface area contributed by atoms with Crippen molar-refractivity contribution in [2.75, 3.05) is 6.86 Å². The van der Waals surface area contributed by atoms with E-state index in [1.165, 1.54) is 12.1 Å². The van der Waals surface area contributed by atoms with Crippen molar-refractivity contribution >= 4 is 0 Å². The van der Waals surface area contributed by atoms with E-state index in [4.69, 9.17) is 0 Å². The topological polar surface area (TPSA) is 9.23 Å². The lowest BCUT2D eigenvalue weighted by Gasteiger charge is -2.11. The van der Waals surface area contributed by atoms with E-state index in [0.29, 0.717) is 0 Å². The van der Waals surface area contributed by atoms with Crippen molar-refractivity contribution in [1.29, 1.82) is 0 Å². The first-order valence-electron chi connectivity index (χ1n) is 4.13. The number of ether oxygens (including phenoxy) is 1. The van der Waals surface area contributed by atoms with Gasteiger partial charge in [0.05, 0.1) is 0 Å². The second-order valence-electron chi connectivity index (χ2n) is 3.09. The van der Waals surface area contributed by atoms with Crippen LogP contribution in [0.1, 0.15) is 25.3 Å². The van der Waals surface area contributed by atoms with Gasteiger partial charge in [0.15, 0.2) is 0 Å². The highest BCUT2D eigenvalue weighted by molar-refractivity contribution is 5.36. The molecule has 0 aromatic heterocycles. The third-order valence-electron chi connectivity index (χ3n) is 1.81. The fraction of sp³-hybridized carbons (Fsp3) is 0.400. The van der Waals surface area contributed by atoms with Crippen molar-refractivity contribution in [2.45, 2.75) is 19.8 Å². The van der Waals surface area contributed by atoms with Crippen molar-refractivity contribution in [1.82, 2.24) is 0 Å². The Hall–Kier alpha value is -1.12. The van der Waals surface area contributed by atoms with Crippen molar-refractivity contribution < 1.29 is 13.5 Å². The summed E-state index contributed by atoms with van der Waals surface area (Å²) in [5, 5.41) is 0. The number of benzene rings is 1. The van der Waals surface area contributed by atoms with Crippen LogP contribution in [0.3, 0.4) is 0 Å². The Labute approximate surface area is 76.3 Å². The summed E-state index contributed by atoms with van der Waals surface area (Å²) >= 11 is 0. The van der Waals surface area contributed by atoms with Gasteiger partial charge in [0.2, 0.25) is 6.86 Å². The second kappa shape index (κ2) is 4.21. The predicted octanol–water partition coefficient (Wildman–Crippen LogP) is 3.25. The zero-order chi connectivity index (χ0) is 9.84. The maximum Gasteiger partial charge on any atom is 0.228 e. The molecule has 1 rings (SSSR count). The molecule has 0 spiro atoms. The SMILES string of the molecule is CC(C)c1ccc(F)cc1OCF. The second-order valence-corrected chi connectivity index (χ2v) is 3.09. The van der Waals surface area contributed by atoms with Crippen LogP contribution in [0.2, 0.25) is 0 Å². The Kier molecular flexibility index (Phi) is 3.23. The van der Waals surface area contributed by atoms with Gasteiger partial charge >= 0.3 is 0 Å². The molecular weight excluding hydrogens is 174 g/mol. The fourth-order valence-corrected chi connectivity index (χ4v) is 1.17. The normalized spacial score (nSPS) is 10.5. The highest BCUT2D eigenvalue weighted by Gasteiger charge is 2.08. The molecule has 0 aliphatic carbocycles. The maximum atomic E-state index is 12.7. The molecule has 0 bridgehead atoms. The molecule has 1 aromatic carbocycles. The molecule has 13 heavy (non-hydrogen) atoms. The molecule has 0 saturated carbocycles. The van der Waals surface area contributed by atoms with Gasteiger partial charge in [-0.3, -0.25) is 0 Å². The molecule has 72 valence electrons. The zero-order valence-electron chi connectivity index (χ0n) is 7.68. The minimum Gasteiger partial charge on any atom is -0.463 e. The number of hydrogen-bond acceptors (Lipinski definition) is 1. The van der Waals surface area contributed by atoms with Gasteiger partial charge in [-0.1, -0.05) is 19.9 Å². The number of hydrogen-bond donors (Lipinski definition) is 0. The molecule has 0 aliphatic rings. The van der Waals surface area contributed by atoms with Crippen LogP contribution in [0, 0.1) is 5.82 Å². The summed E-state index contributed by atoms with van der Waals surface area (Å²) in [6.45, 7) is 2.96. The first kappa shape index (κ1) is 9.96. The maximum absolute atomic E-state index is 12.7. The van der Waals surface area contributed by atoms with Gasteiger partial charge in [0, 0.05) is 6.07 Å². The quantitative estimate of drug-likeness (QED) is 0.704. The summed E-state index contributed by atoms with van der Waals surface area (Å²) in [5.74, 6) is 0.0764. The Morgan fingerprint density at radius 3 is 2.62 bits per heavy atom. The van der Waals surface area contributed by atoms with Gasteiger partial charge in [-0.25, -0.2) is 8.78 Å². The van der Waals surface area contributed by atoms with Gasteiger partial charge < -0.3 is 4.74 Å². The highest BCUT2D eigenvalue weighted by Crippen LogP contribution is 2.27. The summed E-state index contributed by atoms with van der Waals surface area (Å²) in [5.41, 5.74) is 0.819. The van der Waals surface area contributed by atoms with E-state index in [9.17, 15) is 8.78 Å². The van der Waals surface area contributed by atoms with Crippen LogP contribution in [0.5, 0.6) is 5.75 Å². The molecule has 0 saturated heterocycles. The van der Waals surface area contributed by atoms with E-state index < -0.39 is 12.7 Å². The van der Waals surface area contributed by atoms with E-state index in [1.807, 2.05) is 13.8 Å². The summed E-state index contributed by atoms with van der Waals surface area (Å²) in [7, 11) is 0. The van der Waals surface area contributed by atoms with E-state index >= 15 is 0 Å². The van der Waals surface area contributed by atoms with Gasteiger partial charge in [-0.2, -0.15) is 0 Å². The van der Waals surface area contributed by atoms with E-state index in [0.717, 1.165) is 5.56 Å². The standard InChI is InChI=1S/C10H12F2O/c1-7(2)9-4-3-8(12)5-10(9)13-6-11/h3-5,7H,6H2,1-2H3. The van der Waals surface area contributed by atoms with E-state index in [1.54, 1.807) is 6.07 Å². The average molecular weight is 186 g/mol. The van der Waals surface area contributed by atoms with Gasteiger partial charge in [0.1, 0.15) is 11.6 Å². The number of alkyl halides is 1. The molecule has 0 aliphatic heterocycles. The summed E-state index contributed by atoms with van der Waals surface area (Å²) in [6.07, 6.45) is 0. The molecule has 0 heterocycles. The molecule has 0 radical (unpaired) electrons. The molecular formula is C10H12F2O. The van der Waals surface area contributed by atoms with Gasteiger partial charge in [-0.15, -0.1) is 0 Å².